The predicted octanol–water partition coefficient (Wildman–Crippen LogP) is 6.25. The van der Waals surface area contributed by atoms with E-state index in [1.807, 2.05) is 36.4 Å². The summed E-state index contributed by atoms with van der Waals surface area (Å²) >= 11 is 0. The maximum atomic E-state index is 6.50. The summed E-state index contributed by atoms with van der Waals surface area (Å²) in [6.07, 6.45) is 1.66. The van der Waals surface area contributed by atoms with Crippen molar-refractivity contribution in [2.45, 2.75) is 5.92 Å². The molecule has 0 radical (unpaired) electrons. The van der Waals surface area contributed by atoms with E-state index in [-0.39, 0.29) is 5.92 Å². The molecule has 0 amide bonds. The molecule has 0 aliphatic carbocycles. The van der Waals surface area contributed by atoms with Crippen molar-refractivity contribution < 1.29 is 14.2 Å². The minimum absolute atomic E-state index is 0.122. The maximum absolute atomic E-state index is 6.50. The van der Waals surface area contributed by atoms with Crippen molar-refractivity contribution >= 4 is 16.4 Å². The van der Waals surface area contributed by atoms with E-state index in [1.165, 1.54) is 0 Å². The highest BCUT2D eigenvalue weighted by Crippen LogP contribution is 2.50. The summed E-state index contributed by atoms with van der Waals surface area (Å²) in [6.45, 7) is 0. The summed E-state index contributed by atoms with van der Waals surface area (Å²) in [5.74, 6) is 3.07. The molecule has 6 aromatic rings. The average molecular weight is 487 g/mol. The summed E-state index contributed by atoms with van der Waals surface area (Å²) < 4.78 is 19.1. The zero-order chi connectivity index (χ0) is 24.9. The van der Waals surface area contributed by atoms with E-state index in [0.717, 1.165) is 38.8 Å². The lowest BCUT2D eigenvalue weighted by molar-refractivity contribution is 0.355. The first-order valence-corrected chi connectivity index (χ1v) is 12.0. The summed E-state index contributed by atoms with van der Waals surface area (Å²) in [6, 6.07) is 28.6. The Morgan fingerprint density at radius 2 is 1.65 bits per heavy atom. The van der Waals surface area contributed by atoms with Crippen LogP contribution in [0.3, 0.4) is 0 Å². The number of methoxy groups -OCH3 is 2. The molecule has 0 spiro atoms. The van der Waals surface area contributed by atoms with Gasteiger partial charge in [0, 0.05) is 22.4 Å². The van der Waals surface area contributed by atoms with Crippen molar-refractivity contribution in [3.63, 3.8) is 0 Å². The topological polar surface area (TPSA) is 70.8 Å². The molecule has 7 nitrogen and oxygen atoms in total. The number of hydrogen-bond acceptors (Lipinski definition) is 6. The normalized spacial score (nSPS) is 14.2. The van der Waals surface area contributed by atoms with Crippen molar-refractivity contribution in [2.24, 2.45) is 0 Å². The van der Waals surface area contributed by atoms with Crippen molar-refractivity contribution in [3.05, 3.63) is 108 Å². The second-order valence-corrected chi connectivity index (χ2v) is 8.89. The van der Waals surface area contributed by atoms with E-state index in [0.29, 0.717) is 28.9 Å². The Kier molecular flexibility index (Phi) is 4.82. The summed E-state index contributed by atoms with van der Waals surface area (Å²) in [5, 5.41) is 6.92. The third-order valence-electron chi connectivity index (χ3n) is 6.87. The molecule has 0 saturated carbocycles. The van der Waals surface area contributed by atoms with Gasteiger partial charge in [0.1, 0.15) is 12.1 Å². The minimum atomic E-state index is -0.122. The molecule has 1 unspecified atom stereocenters. The minimum Gasteiger partial charge on any atom is -0.493 e. The van der Waals surface area contributed by atoms with Crippen LogP contribution in [0.15, 0.2) is 91.3 Å². The van der Waals surface area contributed by atoms with E-state index >= 15 is 0 Å². The van der Waals surface area contributed by atoms with Crippen LogP contribution in [0, 0.1) is 0 Å². The fourth-order valence-corrected chi connectivity index (χ4v) is 5.14. The van der Waals surface area contributed by atoms with Gasteiger partial charge in [0.25, 0.3) is 0 Å². The summed E-state index contributed by atoms with van der Waals surface area (Å²) in [4.78, 5) is 9.66. The number of nitrogens with zero attached hydrogens (tertiary/aromatic N) is 4. The SMILES string of the molecule is COc1ccc(-c2nc3c4c(ncn3n2)Oc2c(ccc3ccccc23)C4c2ccccc2)cc1OC. The van der Waals surface area contributed by atoms with Crippen LogP contribution in [0.1, 0.15) is 22.6 Å². The van der Waals surface area contributed by atoms with Gasteiger partial charge in [0.15, 0.2) is 23.0 Å². The van der Waals surface area contributed by atoms with E-state index < -0.39 is 0 Å². The van der Waals surface area contributed by atoms with Crippen LogP contribution in [-0.2, 0) is 0 Å². The molecule has 1 aliphatic heterocycles. The molecule has 180 valence electrons. The van der Waals surface area contributed by atoms with E-state index in [1.54, 1.807) is 25.1 Å². The van der Waals surface area contributed by atoms with Gasteiger partial charge in [-0.3, -0.25) is 0 Å². The Labute approximate surface area is 212 Å². The predicted molar refractivity (Wildman–Crippen MR) is 141 cm³/mol. The highest BCUT2D eigenvalue weighted by Gasteiger charge is 2.34. The third-order valence-corrected chi connectivity index (χ3v) is 6.87. The molecule has 1 aliphatic rings. The molecular formula is C30H22N4O3. The lowest BCUT2D eigenvalue weighted by atomic mass is 9.83. The third kappa shape index (κ3) is 3.31. The molecule has 3 heterocycles. The standard InChI is InChI=1S/C30H22N4O3/c1-35-23-15-13-20(16-24(23)36-2)28-32-29-26-25(19-9-4-3-5-10-19)22-14-12-18-8-6-7-11-21(18)27(22)37-30(26)31-17-34(29)33-28/h3-17,25H,1-2H3. The maximum Gasteiger partial charge on any atom is 0.228 e. The number of aromatic nitrogens is 4. The number of rotatable bonds is 4. The molecule has 1 atom stereocenters. The number of hydrogen-bond donors (Lipinski definition) is 0. The second kappa shape index (κ2) is 8.34. The van der Waals surface area contributed by atoms with Gasteiger partial charge in [-0.15, -0.1) is 5.10 Å². The fourth-order valence-electron chi connectivity index (χ4n) is 5.14. The van der Waals surface area contributed by atoms with Crippen molar-refractivity contribution in [3.8, 4) is 34.5 Å². The number of fused-ring (bicyclic) bond motifs is 6. The molecule has 7 heteroatoms. The summed E-state index contributed by atoms with van der Waals surface area (Å²) in [7, 11) is 3.23. The van der Waals surface area contributed by atoms with E-state index in [2.05, 4.69) is 48.5 Å². The molecule has 37 heavy (non-hydrogen) atoms. The lowest BCUT2D eigenvalue weighted by Gasteiger charge is -2.28. The Balaban J connectivity index is 1.47. The molecule has 7 rings (SSSR count). The molecule has 0 N–H and O–H groups in total. The Bertz CT molecular complexity index is 1800. The van der Waals surface area contributed by atoms with Crippen molar-refractivity contribution in [1.82, 2.24) is 19.6 Å². The number of ether oxygens (including phenoxy) is 3. The molecule has 0 fully saturated rings. The highest BCUT2D eigenvalue weighted by atomic mass is 16.5. The first kappa shape index (κ1) is 21.4. The molecule has 0 saturated heterocycles. The van der Waals surface area contributed by atoms with Crippen molar-refractivity contribution in [2.75, 3.05) is 14.2 Å². The van der Waals surface area contributed by atoms with Crippen LogP contribution in [0.2, 0.25) is 0 Å². The quantitative estimate of drug-likeness (QED) is 0.293. The smallest absolute Gasteiger partial charge is 0.228 e. The summed E-state index contributed by atoms with van der Waals surface area (Å²) in [5.41, 5.74) is 4.60. The molecule has 0 bridgehead atoms. The zero-order valence-electron chi connectivity index (χ0n) is 20.3. The largest absolute Gasteiger partial charge is 0.493 e. The van der Waals surface area contributed by atoms with Gasteiger partial charge in [0.2, 0.25) is 5.88 Å². The van der Waals surface area contributed by atoms with Gasteiger partial charge in [-0.25, -0.2) is 14.5 Å². The average Bonchev–Trinajstić information content (AvgIpc) is 3.41. The van der Waals surface area contributed by atoms with E-state index in [4.69, 9.17) is 29.3 Å². The highest BCUT2D eigenvalue weighted by molar-refractivity contribution is 5.91. The van der Waals surface area contributed by atoms with Crippen LogP contribution in [0.25, 0.3) is 27.8 Å². The van der Waals surface area contributed by atoms with Crippen molar-refractivity contribution in [1.29, 1.82) is 0 Å². The molecule has 2 aromatic heterocycles. The second-order valence-electron chi connectivity index (χ2n) is 8.89. The van der Waals surface area contributed by atoms with Crippen LogP contribution in [0.4, 0.5) is 0 Å². The molecule has 4 aromatic carbocycles. The lowest BCUT2D eigenvalue weighted by Crippen LogP contribution is -2.15. The van der Waals surface area contributed by atoms with Gasteiger partial charge in [-0.05, 0) is 29.1 Å². The zero-order valence-corrected chi connectivity index (χ0v) is 20.3. The van der Waals surface area contributed by atoms with Crippen LogP contribution in [-0.4, -0.2) is 33.8 Å². The van der Waals surface area contributed by atoms with Gasteiger partial charge in [-0.2, -0.15) is 0 Å². The Morgan fingerprint density at radius 3 is 2.49 bits per heavy atom. The van der Waals surface area contributed by atoms with Gasteiger partial charge in [-0.1, -0.05) is 66.7 Å². The van der Waals surface area contributed by atoms with Gasteiger partial charge < -0.3 is 14.2 Å². The fraction of sp³-hybridized carbons (Fsp3) is 0.100. The Hall–Kier alpha value is -4.91. The first-order valence-electron chi connectivity index (χ1n) is 12.0. The van der Waals surface area contributed by atoms with Gasteiger partial charge >= 0.3 is 0 Å². The van der Waals surface area contributed by atoms with Crippen LogP contribution < -0.4 is 14.2 Å². The molecular weight excluding hydrogens is 464 g/mol. The monoisotopic (exact) mass is 486 g/mol. The van der Waals surface area contributed by atoms with Crippen LogP contribution in [0.5, 0.6) is 23.1 Å². The Morgan fingerprint density at radius 1 is 0.838 bits per heavy atom. The van der Waals surface area contributed by atoms with Gasteiger partial charge in [0.05, 0.1) is 19.8 Å². The van der Waals surface area contributed by atoms with Crippen LogP contribution >= 0.6 is 0 Å². The first-order chi connectivity index (χ1) is 18.2. The van der Waals surface area contributed by atoms with E-state index in [9.17, 15) is 0 Å². The number of benzene rings is 4.